The van der Waals surface area contributed by atoms with Gasteiger partial charge in [-0.2, -0.15) is 0 Å². The molecular formula is C12H24O4Si. The molecule has 1 saturated carbocycles. The Morgan fingerprint density at radius 2 is 1.76 bits per heavy atom. The Morgan fingerprint density at radius 1 is 1.06 bits per heavy atom. The first-order chi connectivity index (χ1) is 8.23. The third-order valence-electron chi connectivity index (χ3n) is 4.14. The molecule has 3 atom stereocenters. The van der Waals surface area contributed by atoms with Crippen LogP contribution in [0.2, 0.25) is 6.04 Å². The number of ether oxygens (including phenoxy) is 1. The largest absolute Gasteiger partial charge is 0.500 e. The van der Waals surface area contributed by atoms with Gasteiger partial charge in [-0.25, -0.2) is 0 Å². The lowest BCUT2D eigenvalue weighted by Gasteiger charge is -2.25. The third kappa shape index (κ3) is 3.29. The van der Waals surface area contributed by atoms with E-state index in [0.29, 0.717) is 12.2 Å². The lowest BCUT2D eigenvalue weighted by atomic mass is 9.86. The molecule has 2 fully saturated rings. The molecular weight excluding hydrogens is 236 g/mol. The fourth-order valence-electron chi connectivity index (χ4n) is 2.91. The third-order valence-corrected chi connectivity index (χ3v) is 6.97. The van der Waals surface area contributed by atoms with Gasteiger partial charge in [0.1, 0.15) is 0 Å². The van der Waals surface area contributed by atoms with Gasteiger partial charge in [0, 0.05) is 27.4 Å². The second kappa shape index (κ2) is 5.80. The lowest BCUT2D eigenvalue weighted by molar-refractivity contribution is 0.122. The smallest absolute Gasteiger partial charge is 0.377 e. The predicted octanol–water partition coefficient (Wildman–Crippen LogP) is 2.21. The van der Waals surface area contributed by atoms with Crippen LogP contribution in [-0.4, -0.2) is 42.3 Å². The first-order valence-electron chi connectivity index (χ1n) is 6.54. The molecule has 0 radical (unpaired) electrons. The van der Waals surface area contributed by atoms with E-state index in [4.69, 9.17) is 18.0 Å². The minimum atomic E-state index is -2.34. The summed E-state index contributed by atoms with van der Waals surface area (Å²) < 4.78 is 21.8. The summed E-state index contributed by atoms with van der Waals surface area (Å²) in [6.07, 6.45) is 7.41. The molecule has 17 heavy (non-hydrogen) atoms. The molecule has 100 valence electrons. The molecule has 3 unspecified atom stereocenters. The van der Waals surface area contributed by atoms with Gasteiger partial charge in [0.2, 0.25) is 0 Å². The maximum absolute atomic E-state index is 5.55. The quantitative estimate of drug-likeness (QED) is 0.520. The van der Waals surface area contributed by atoms with E-state index in [1.54, 1.807) is 21.3 Å². The Kier molecular flexibility index (Phi) is 4.60. The van der Waals surface area contributed by atoms with Gasteiger partial charge in [0.25, 0.3) is 0 Å². The van der Waals surface area contributed by atoms with Crippen LogP contribution in [0.1, 0.15) is 32.1 Å². The molecule has 0 aromatic rings. The summed E-state index contributed by atoms with van der Waals surface area (Å²) in [5.74, 6) is 0.830. The maximum atomic E-state index is 5.55. The van der Waals surface area contributed by atoms with E-state index < -0.39 is 8.80 Å². The van der Waals surface area contributed by atoms with Crippen molar-refractivity contribution in [2.45, 2.75) is 50.4 Å². The summed E-state index contributed by atoms with van der Waals surface area (Å²) in [6.45, 7) is 0. The van der Waals surface area contributed by atoms with Crippen LogP contribution in [0.4, 0.5) is 0 Å². The highest BCUT2D eigenvalue weighted by molar-refractivity contribution is 6.60. The van der Waals surface area contributed by atoms with Crippen molar-refractivity contribution in [2.75, 3.05) is 21.3 Å². The molecule has 0 bridgehead atoms. The summed E-state index contributed by atoms with van der Waals surface area (Å²) in [7, 11) is 2.71. The molecule has 2 aliphatic rings. The Labute approximate surface area is 105 Å². The number of rotatable bonds is 7. The number of epoxide rings is 1. The zero-order chi connectivity index (χ0) is 12.3. The van der Waals surface area contributed by atoms with E-state index in [2.05, 4.69) is 0 Å². The van der Waals surface area contributed by atoms with Crippen LogP contribution < -0.4 is 0 Å². The monoisotopic (exact) mass is 260 g/mol. The number of hydrogen-bond acceptors (Lipinski definition) is 4. The highest BCUT2D eigenvalue weighted by Crippen LogP contribution is 2.41. The molecule has 0 aromatic heterocycles. The summed E-state index contributed by atoms with van der Waals surface area (Å²) in [6, 6.07) is 0.919. The highest BCUT2D eigenvalue weighted by Gasteiger charge is 2.44. The van der Waals surface area contributed by atoms with Crippen molar-refractivity contribution in [3.05, 3.63) is 0 Å². The van der Waals surface area contributed by atoms with Crippen LogP contribution in [0.3, 0.4) is 0 Å². The molecule has 1 aliphatic heterocycles. The van der Waals surface area contributed by atoms with Gasteiger partial charge in [0.15, 0.2) is 0 Å². The molecule has 5 heteroatoms. The Bertz CT molecular complexity index is 236. The van der Waals surface area contributed by atoms with Gasteiger partial charge < -0.3 is 18.0 Å². The van der Waals surface area contributed by atoms with E-state index in [9.17, 15) is 0 Å². The van der Waals surface area contributed by atoms with E-state index in [-0.39, 0.29) is 0 Å². The lowest BCUT2D eigenvalue weighted by Crippen LogP contribution is -2.42. The van der Waals surface area contributed by atoms with Gasteiger partial charge in [-0.05, 0) is 31.6 Å². The summed E-state index contributed by atoms with van der Waals surface area (Å²) in [5, 5.41) is 0. The van der Waals surface area contributed by atoms with Crippen molar-refractivity contribution in [2.24, 2.45) is 5.92 Å². The molecule has 0 spiro atoms. The van der Waals surface area contributed by atoms with Crippen LogP contribution in [0.15, 0.2) is 0 Å². The van der Waals surface area contributed by atoms with Crippen LogP contribution in [-0.2, 0) is 18.0 Å². The molecule has 4 nitrogen and oxygen atoms in total. The van der Waals surface area contributed by atoms with Crippen LogP contribution in [0.25, 0.3) is 0 Å². The van der Waals surface area contributed by atoms with Crippen LogP contribution in [0, 0.1) is 5.92 Å². The van der Waals surface area contributed by atoms with Crippen molar-refractivity contribution in [3.8, 4) is 0 Å². The molecule has 1 heterocycles. The van der Waals surface area contributed by atoms with Gasteiger partial charge in [-0.3, -0.25) is 0 Å². The molecule has 0 amide bonds. The van der Waals surface area contributed by atoms with Crippen molar-refractivity contribution >= 4 is 8.80 Å². The zero-order valence-corrected chi connectivity index (χ0v) is 12.1. The maximum Gasteiger partial charge on any atom is 0.500 e. The first kappa shape index (κ1) is 13.5. The highest BCUT2D eigenvalue weighted by atomic mass is 28.4. The van der Waals surface area contributed by atoms with E-state index >= 15 is 0 Å². The van der Waals surface area contributed by atoms with E-state index in [1.807, 2.05) is 0 Å². The van der Waals surface area contributed by atoms with Gasteiger partial charge >= 0.3 is 8.80 Å². The van der Waals surface area contributed by atoms with Crippen molar-refractivity contribution in [1.29, 1.82) is 0 Å². The fourth-order valence-corrected chi connectivity index (χ4v) is 4.66. The van der Waals surface area contributed by atoms with Gasteiger partial charge in [0.05, 0.1) is 12.2 Å². The SMILES string of the molecule is CO[Si](CCCC1CCC2OC2C1)(OC)OC. The molecule has 0 aromatic carbocycles. The Morgan fingerprint density at radius 3 is 2.35 bits per heavy atom. The van der Waals surface area contributed by atoms with E-state index in [1.165, 1.54) is 25.7 Å². The molecule has 1 saturated heterocycles. The number of hydrogen-bond donors (Lipinski definition) is 0. The second-order valence-corrected chi connectivity index (χ2v) is 8.17. The topological polar surface area (TPSA) is 40.2 Å². The minimum absolute atomic E-state index is 0.586. The Hall–Kier alpha value is 0.0569. The van der Waals surface area contributed by atoms with Gasteiger partial charge in [-0.1, -0.05) is 6.42 Å². The molecule has 0 N–H and O–H groups in total. The number of fused-ring (bicyclic) bond motifs is 1. The zero-order valence-electron chi connectivity index (χ0n) is 11.1. The van der Waals surface area contributed by atoms with Crippen LogP contribution in [0.5, 0.6) is 0 Å². The van der Waals surface area contributed by atoms with Crippen LogP contribution >= 0.6 is 0 Å². The molecule has 1 aliphatic carbocycles. The van der Waals surface area contributed by atoms with E-state index in [0.717, 1.165) is 18.4 Å². The molecule has 2 rings (SSSR count). The average Bonchev–Trinajstić information content (AvgIpc) is 3.14. The van der Waals surface area contributed by atoms with Crippen molar-refractivity contribution in [1.82, 2.24) is 0 Å². The van der Waals surface area contributed by atoms with Crippen molar-refractivity contribution in [3.63, 3.8) is 0 Å². The minimum Gasteiger partial charge on any atom is -0.377 e. The van der Waals surface area contributed by atoms with Crippen molar-refractivity contribution < 1.29 is 18.0 Å². The predicted molar refractivity (Wildman–Crippen MR) is 66.8 cm³/mol. The normalized spacial score (nSPS) is 32.3. The first-order valence-corrected chi connectivity index (χ1v) is 8.47. The fraction of sp³-hybridized carbons (Fsp3) is 1.00. The summed E-state index contributed by atoms with van der Waals surface area (Å²) in [4.78, 5) is 0. The average molecular weight is 260 g/mol. The summed E-state index contributed by atoms with van der Waals surface area (Å²) in [5.41, 5.74) is 0. The standard InChI is InChI=1S/C12H24O4Si/c1-13-17(14-2,15-3)8-4-5-10-6-7-11-12(9-10)16-11/h10-12H,4-9H2,1-3H3. The van der Waals surface area contributed by atoms with Gasteiger partial charge in [-0.15, -0.1) is 0 Å². The second-order valence-electron chi connectivity index (χ2n) is 5.08. The Balaban J connectivity index is 1.67. The summed E-state index contributed by atoms with van der Waals surface area (Å²) >= 11 is 0.